The maximum absolute atomic E-state index is 14.0. The molecule has 1 saturated carbocycles. The number of nitrogens with one attached hydrogen (secondary N) is 1. The predicted octanol–water partition coefficient (Wildman–Crippen LogP) is 4.97. The first-order valence-corrected chi connectivity index (χ1v) is 14.9. The van der Waals surface area contributed by atoms with Crippen molar-refractivity contribution in [2.24, 2.45) is 0 Å². The summed E-state index contributed by atoms with van der Waals surface area (Å²) >= 11 is 0. The van der Waals surface area contributed by atoms with Gasteiger partial charge in [0.05, 0.1) is 10.6 Å². The van der Waals surface area contributed by atoms with Crippen LogP contribution in [-0.4, -0.2) is 43.8 Å². The molecule has 3 aromatic rings. The molecule has 1 aliphatic carbocycles. The molecule has 0 bridgehead atoms. The van der Waals surface area contributed by atoms with Crippen LogP contribution in [0.1, 0.15) is 49.3 Å². The Morgan fingerprint density at radius 2 is 1.44 bits per heavy atom. The van der Waals surface area contributed by atoms with Crippen molar-refractivity contribution in [2.75, 3.05) is 10.8 Å². The molecule has 39 heavy (non-hydrogen) atoms. The Morgan fingerprint density at radius 3 is 2.03 bits per heavy atom. The SMILES string of the molecule is Cc1ccc(N(CC(=O)N(Cc2ccccc2)[C@H](C)C(=O)NC2CCCC2)S(=O)(=O)c2ccc(C)cc2)cc1. The van der Waals surface area contributed by atoms with Gasteiger partial charge >= 0.3 is 0 Å². The molecule has 1 N–H and O–H groups in total. The number of carbonyl (C=O) groups excluding carboxylic acids is 2. The second-order valence-electron chi connectivity index (χ2n) is 10.3. The van der Waals surface area contributed by atoms with Gasteiger partial charge in [0.2, 0.25) is 11.8 Å². The van der Waals surface area contributed by atoms with Crippen LogP contribution in [0, 0.1) is 13.8 Å². The quantitative estimate of drug-likeness (QED) is 0.388. The summed E-state index contributed by atoms with van der Waals surface area (Å²) in [5, 5.41) is 3.09. The molecule has 0 radical (unpaired) electrons. The highest BCUT2D eigenvalue weighted by molar-refractivity contribution is 7.92. The van der Waals surface area contributed by atoms with Gasteiger partial charge in [-0.15, -0.1) is 0 Å². The molecule has 0 aliphatic heterocycles. The Bertz CT molecular complexity index is 1370. The number of hydrogen-bond donors (Lipinski definition) is 1. The second-order valence-corrected chi connectivity index (χ2v) is 12.2. The number of aryl methyl sites for hydroxylation is 2. The van der Waals surface area contributed by atoms with E-state index in [0.717, 1.165) is 46.7 Å². The summed E-state index contributed by atoms with van der Waals surface area (Å²) in [7, 11) is -4.06. The maximum atomic E-state index is 14.0. The average molecular weight is 548 g/mol. The third kappa shape index (κ3) is 7.06. The zero-order valence-electron chi connectivity index (χ0n) is 22.8. The molecule has 0 spiro atoms. The van der Waals surface area contributed by atoms with Crippen LogP contribution in [0.4, 0.5) is 5.69 Å². The Hall–Kier alpha value is -3.65. The summed E-state index contributed by atoms with van der Waals surface area (Å²) < 4.78 is 28.8. The molecule has 0 saturated heterocycles. The van der Waals surface area contributed by atoms with Crippen LogP contribution in [-0.2, 0) is 26.2 Å². The van der Waals surface area contributed by atoms with Gasteiger partial charge < -0.3 is 10.2 Å². The number of rotatable bonds is 10. The van der Waals surface area contributed by atoms with Crippen molar-refractivity contribution in [1.29, 1.82) is 0 Å². The van der Waals surface area contributed by atoms with Crippen molar-refractivity contribution in [2.45, 2.75) is 70.0 Å². The molecule has 0 aromatic heterocycles. The molecule has 3 aromatic carbocycles. The van der Waals surface area contributed by atoms with E-state index in [-0.39, 0.29) is 23.4 Å². The minimum Gasteiger partial charge on any atom is -0.352 e. The van der Waals surface area contributed by atoms with Gasteiger partial charge in [-0.25, -0.2) is 8.42 Å². The van der Waals surface area contributed by atoms with E-state index in [9.17, 15) is 18.0 Å². The van der Waals surface area contributed by atoms with Gasteiger partial charge in [-0.3, -0.25) is 13.9 Å². The van der Waals surface area contributed by atoms with Gasteiger partial charge in [0.1, 0.15) is 12.6 Å². The van der Waals surface area contributed by atoms with E-state index in [1.165, 1.54) is 4.90 Å². The monoisotopic (exact) mass is 547 g/mol. The molecule has 0 heterocycles. The number of amides is 2. The predicted molar refractivity (Wildman–Crippen MR) is 154 cm³/mol. The molecular formula is C31H37N3O4S. The van der Waals surface area contributed by atoms with E-state index in [0.29, 0.717) is 5.69 Å². The van der Waals surface area contributed by atoms with Crippen molar-refractivity contribution in [3.63, 3.8) is 0 Å². The number of benzene rings is 3. The van der Waals surface area contributed by atoms with E-state index in [2.05, 4.69) is 5.32 Å². The third-order valence-corrected chi connectivity index (χ3v) is 9.06. The molecule has 0 unspecified atom stereocenters. The summed E-state index contributed by atoms with van der Waals surface area (Å²) in [5.41, 5.74) is 3.15. The van der Waals surface area contributed by atoms with Gasteiger partial charge in [-0.1, -0.05) is 78.6 Å². The number of nitrogens with zero attached hydrogens (tertiary/aromatic N) is 2. The van der Waals surface area contributed by atoms with Gasteiger partial charge in [0.15, 0.2) is 0 Å². The minimum atomic E-state index is -4.06. The maximum Gasteiger partial charge on any atom is 0.264 e. The van der Waals surface area contributed by atoms with Crippen molar-refractivity contribution in [1.82, 2.24) is 10.2 Å². The minimum absolute atomic E-state index is 0.100. The van der Waals surface area contributed by atoms with Crippen molar-refractivity contribution < 1.29 is 18.0 Å². The molecule has 1 aliphatic rings. The molecule has 1 atom stereocenters. The first kappa shape index (κ1) is 28.4. The molecule has 1 fully saturated rings. The Labute approximate surface area is 231 Å². The van der Waals surface area contributed by atoms with E-state index < -0.39 is 28.5 Å². The summed E-state index contributed by atoms with van der Waals surface area (Å²) in [6, 6.07) is 22.4. The lowest BCUT2D eigenvalue weighted by Crippen LogP contribution is -2.52. The number of hydrogen-bond acceptors (Lipinski definition) is 4. The van der Waals surface area contributed by atoms with Crippen LogP contribution < -0.4 is 9.62 Å². The normalized spacial score (nSPS) is 14.5. The molecular weight excluding hydrogens is 510 g/mol. The van der Waals surface area contributed by atoms with Crippen molar-refractivity contribution in [3.8, 4) is 0 Å². The van der Waals surface area contributed by atoms with Gasteiger partial charge in [0, 0.05) is 12.6 Å². The van der Waals surface area contributed by atoms with Gasteiger partial charge in [-0.2, -0.15) is 0 Å². The fourth-order valence-electron chi connectivity index (χ4n) is 4.83. The highest BCUT2D eigenvalue weighted by Gasteiger charge is 2.33. The summed E-state index contributed by atoms with van der Waals surface area (Å²) in [4.78, 5) is 28.8. The van der Waals surface area contributed by atoms with E-state index in [4.69, 9.17) is 0 Å². The van der Waals surface area contributed by atoms with Crippen LogP contribution in [0.3, 0.4) is 0 Å². The van der Waals surface area contributed by atoms with Gasteiger partial charge in [-0.05, 0) is 63.4 Å². The zero-order chi connectivity index (χ0) is 28.0. The fraction of sp³-hybridized carbons (Fsp3) is 0.355. The van der Waals surface area contributed by atoms with Crippen molar-refractivity contribution in [3.05, 3.63) is 95.6 Å². The fourth-order valence-corrected chi connectivity index (χ4v) is 6.25. The first-order valence-electron chi connectivity index (χ1n) is 13.4. The lowest BCUT2D eigenvalue weighted by Gasteiger charge is -2.32. The van der Waals surface area contributed by atoms with E-state index in [1.807, 2.05) is 56.3 Å². The topological polar surface area (TPSA) is 86.8 Å². The third-order valence-electron chi connectivity index (χ3n) is 7.27. The standard InChI is InChI=1S/C31H37N3O4S/c1-23-13-17-28(18-14-23)34(39(37,38)29-19-15-24(2)16-20-29)22-30(35)33(21-26-9-5-4-6-10-26)25(3)31(36)32-27-11-7-8-12-27/h4-6,9-10,13-20,25,27H,7-8,11-12,21-22H2,1-3H3,(H,32,36)/t25-/m1/s1. The lowest BCUT2D eigenvalue weighted by molar-refractivity contribution is -0.139. The van der Waals surface area contributed by atoms with Crippen LogP contribution in [0.2, 0.25) is 0 Å². The average Bonchev–Trinajstić information content (AvgIpc) is 3.44. The number of sulfonamides is 1. The molecule has 2 amide bonds. The van der Waals surface area contributed by atoms with E-state index >= 15 is 0 Å². The Morgan fingerprint density at radius 1 is 0.872 bits per heavy atom. The summed E-state index contributed by atoms with van der Waals surface area (Å²) in [5.74, 6) is -0.682. The Kier molecular flexibility index (Phi) is 9.07. The first-order chi connectivity index (χ1) is 18.6. The Balaban J connectivity index is 1.66. The molecule has 7 nitrogen and oxygen atoms in total. The molecule has 206 valence electrons. The number of anilines is 1. The van der Waals surface area contributed by atoms with Crippen LogP contribution in [0.5, 0.6) is 0 Å². The van der Waals surface area contributed by atoms with E-state index in [1.54, 1.807) is 43.3 Å². The number of carbonyl (C=O) groups is 2. The highest BCUT2D eigenvalue weighted by atomic mass is 32.2. The van der Waals surface area contributed by atoms with Gasteiger partial charge in [0.25, 0.3) is 10.0 Å². The summed E-state index contributed by atoms with van der Waals surface area (Å²) in [6.07, 6.45) is 4.02. The molecule has 8 heteroatoms. The zero-order valence-corrected chi connectivity index (χ0v) is 23.7. The van der Waals surface area contributed by atoms with Crippen LogP contribution in [0.25, 0.3) is 0 Å². The molecule has 4 rings (SSSR count). The van der Waals surface area contributed by atoms with Crippen molar-refractivity contribution >= 4 is 27.5 Å². The summed E-state index contributed by atoms with van der Waals surface area (Å²) in [6.45, 7) is 5.26. The van der Waals surface area contributed by atoms with Crippen LogP contribution in [0.15, 0.2) is 83.8 Å². The second kappa shape index (κ2) is 12.5. The highest BCUT2D eigenvalue weighted by Crippen LogP contribution is 2.25. The smallest absolute Gasteiger partial charge is 0.264 e. The van der Waals surface area contributed by atoms with Crippen LogP contribution >= 0.6 is 0 Å². The lowest BCUT2D eigenvalue weighted by atomic mass is 10.1. The largest absolute Gasteiger partial charge is 0.352 e.